The molecule has 1 atom stereocenters. The molecule has 3 rings (SSSR count). The molecule has 1 aliphatic rings. The van der Waals surface area contributed by atoms with Gasteiger partial charge in [-0.25, -0.2) is 4.79 Å². The molecule has 3 heterocycles. The van der Waals surface area contributed by atoms with E-state index in [1.807, 2.05) is 23.7 Å². The van der Waals surface area contributed by atoms with Crippen LogP contribution in [0.15, 0.2) is 29.8 Å². The van der Waals surface area contributed by atoms with Crippen molar-refractivity contribution in [1.29, 1.82) is 0 Å². The van der Waals surface area contributed by atoms with E-state index in [0.29, 0.717) is 6.04 Å². The summed E-state index contributed by atoms with van der Waals surface area (Å²) in [5.74, 6) is -0.231. The molecule has 0 aromatic carbocycles. The minimum atomic E-state index is -0.231. The van der Waals surface area contributed by atoms with Crippen LogP contribution in [0.2, 0.25) is 0 Å². The van der Waals surface area contributed by atoms with Crippen molar-refractivity contribution in [2.24, 2.45) is 0 Å². The summed E-state index contributed by atoms with van der Waals surface area (Å²) in [5.41, 5.74) is 2.33. The van der Waals surface area contributed by atoms with E-state index in [4.69, 9.17) is 4.74 Å². The molecule has 1 saturated heterocycles. The molecule has 1 aliphatic heterocycles. The maximum atomic E-state index is 11.7. The van der Waals surface area contributed by atoms with E-state index in [0.717, 1.165) is 30.0 Å². The van der Waals surface area contributed by atoms with E-state index in [-0.39, 0.29) is 5.97 Å². The van der Waals surface area contributed by atoms with Gasteiger partial charge in [0.1, 0.15) is 4.88 Å². The second kappa shape index (κ2) is 5.81. The zero-order chi connectivity index (χ0) is 13.9. The van der Waals surface area contributed by atoms with Gasteiger partial charge in [0.25, 0.3) is 0 Å². The SMILES string of the molecule is COC(=O)c1sccc1CN1CCCC1c1ccc[nH]1. The molecule has 1 N–H and O–H groups in total. The highest BCUT2D eigenvalue weighted by Gasteiger charge is 2.28. The van der Waals surface area contributed by atoms with Crippen LogP contribution in [0, 0.1) is 0 Å². The Labute approximate surface area is 122 Å². The Morgan fingerprint density at radius 3 is 3.20 bits per heavy atom. The summed E-state index contributed by atoms with van der Waals surface area (Å²) >= 11 is 1.46. The predicted molar refractivity (Wildman–Crippen MR) is 78.8 cm³/mol. The van der Waals surface area contributed by atoms with Crippen molar-refractivity contribution < 1.29 is 9.53 Å². The van der Waals surface area contributed by atoms with Crippen LogP contribution in [0.5, 0.6) is 0 Å². The largest absolute Gasteiger partial charge is 0.465 e. The van der Waals surface area contributed by atoms with E-state index >= 15 is 0 Å². The summed E-state index contributed by atoms with van der Waals surface area (Å²) in [5, 5.41) is 1.96. The number of aromatic amines is 1. The van der Waals surface area contributed by atoms with E-state index in [1.165, 1.54) is 30.6 Å². The quantitative estimate of drug-likeness (QED) is 0.880. The molecule has 0 aliphatic carbocycles. The number of rotatable bonds is 4. The number of carbonyl (C=O) groups is 1. The van der Waals surface area contributed by atoms with Gasteiger partial charge in [0, 0.05) is 18.4 Å². The topological polar surface area (TPSA) is 45.3 Å². The molecule has 2 aromatic heterocycles. The van der Waals surface area contributed by atoms with Gasteiger partial charge in [-0.1, -0.05) is 0 Å². The van der Waals surface area contributed by atoms with Crippen LogP contribution >= 0.6 is 11.3 Å². The summed E-state index contributed by atoms with van der Waals surface area (Å²) in [7, 11) is 1.43. The summed E-state index contributed by atoms with van der Waals surface area (Å²) in [6.45, 7) is 1.87. The minimum absolute atomic E-state index is 0.231. The lowest BCUT2D eigenvalue weighted by Gasteiger charge is -2.23. The van der Waals surface area contributed by atoms with Crippen LogP contribution < -0.4 is 0 Å². The lowest BCUT2D eigenvalue weighted by atomic mass is 10.1. The van der Waals surface area contributed by atoms with E-state index in [9.17, 15) is 4.79 Å². The average molecular weight is 290 g/mol. The molecule has 4 nitrogen and oxygen atoms in total. The van der Waals surface area contributed by atoms with E-state index in [1.54, 1.807) is 0 Å². The van der Waals surface area contributed by atoms with Crippen LogP contribution in [-0.4, -0.2) is 29.5 Å². The fraction of sp³-hybridized carbons (Fsp3) is 0.400. The summed E-state index contributed by atoms with van der Waals surface area (Å²) in [6.07, 6.45) is 4.33. The van der Waals surface area contributed by atoms with Crippen molar-refractivity contribution >= 4 is 17.3 Å². The Bertz CT molecular complexity index is 576. The fourth-order valence-corrected chi connectivity index (χ4v) is 3.70. The first kappa shape index (κ1) is 13.4. The zero-order valence-electron chi connectivity index (χ0n) is 11.5. The number of nitrogens with one attached hydrogen (secondary N) is 1. The maximum Gasteiger partial charge on any atom is 0.348 e. The number of esters is 1. The third-order valence-electron chi connectivity index (χ3n) is 3.84. The number of aromatic nitrogens is 1. The van der Waals surface area contributed by atoms with Crippen molar-refractivity contribution in [2.45, 2.75) is 25.4 Å². The van der Waals surface area contributed by atoms with Gasteiger partial charge < -0.3 is 9.72 Å². The molecule has 0 saturated carbocycles. The number of ether oxygens (including phenoxy) is 1. The first-order valence-corrected chi connectivity index (χ1v) is 7.69. The molecular weight excluding hydrogens is 272 g/mol. The second-order valence-electron chi connectivity index (χ2n) is 5.02. The number of hydrogen-bond donors (Lipinski definition) is 1. The Balaban J connectivity index is 1.77. The van der Waals surface area contributed by atoms with Gasteiger partial charge in [-0.3, -0.25) is 4.90 Å². The number of likely N-dealkylation sites (tertiary alicyclic amines) is 1. The molecule has 20 heavy (non-hydrogen) atoms. The summed E-state index contributed by atoms with van der Waals surface area (Å²) in [6, 6.07) is 6.63. The molecule has 106 valence electrons. The number of nitrogens with zero attached hydrogens (tertiary/aromatic N) is 1. The number of methoxy groups -OCH3 is 1. The van der Waals surface area contributed by atoms with Gasteiger partial charge >= 0.3 is 5.97 Å². The van der Waals surface area contributed by atoms with Crippen LogP contribution in [0.1, 0.15) is 39.8 Å². The number of thiophene rings is 1. The minimum Gasteiger partial charge on any atom is -0.465 e. The zero-order valence-corrected chi connectivity index (χ0v) is 12.3. The summed E-state index contributed by atoms with van der Waals surface area (Å²) in [4.78, 5) is 18.2. The first-order chi connectivity index (χ1) is 9.79. The van der Waals surface area contributed by atoms with Crippen molar-refractivity contribution in [3.63, 3.8) is 0 Å². The maximum absolute atomic E-state index is 11.7. The molecule has 0 spiro atoms. The number of H-pyrrole nitrogens is 1. The Kier molecular flexibility index (Phi) is 3.89. The normalized spacial score (nSPS) is 19.4. The molecule has 0 amide bonds. The van der Waals surface area contributed by atoms with Crippen LogP contribution in [0.25, 0.3) is 0 Å². The fourth-order valence-electron chi connectivity index (χ4n) is 2.87. The monoisotopic (exact) mass is 290 g/mol. The predicted octanol–water partition coefficient (Wildman–Crippen LogP) is 3.20. The second-order valence-corrected chi connectivity index (χ2v) is 5.94. The molecule has 0 radical (unpaired) electrons. The highest BCUT2D eigenvalue weighted by atomic mass is 32.1. The molecule has 0 bridgehead atoms. The standard InChI is InChI=1S/C15H18N2O2S/c1-19-15(18)14-11(6-9-20-14)10-17-8-3-5-13(17)12-4-2-7-16-12/h2,4,6-7,9,13,16H,3,5,8,10H2,1H3. The van der Waals surface area contributed by atoms with Crippen LogP contribution in [0.4, 0.5) is 0 Å². The van der Waals surface area contributed by atoms with Gasteiger partial charge in [0.05, 0.1) is 13.2 Å². The third kappa shape index (κ3) is 2.51. The number of hydrogen-bond acceptors (Lipinski definition) is 4. The van der Waals surface area contributed by atoms with Gasteiger partial charge in [0.2, 0.25) is 0 Å². The highest BCUT2D eigenvalue weighted by molar-refractivity contribution is 7.12. The Hall–Kier alpha value is -1.59. The Morgan fingerprint density at radius 1 is 1.55 bits per heavy atom. The van der Waals surface area contributed by atoms with E-state index in [2.05, 4.69) is 16.0 Å². The Morgan fingerprint density at radius 2 is 2.45 bits per heavy atom. The molecule has 5 heteroatoms. The smallest absolute Gasteiger partial charge is 0.348 e. The van der Waals surface area contributed by atoms with E-state index < -0.39 is 0 Å². The lowest BCUT2D eigenvalue weighted by Crippen LogP contribution is -2.23. The molecule has 1 unspecified atom stereocenters. The van der Waals surface area contributed by atoms with Gasteiger partial charge in [0.15, 0.2) is 0 Å². The van der Waals surface area contributed by atoms with Crippen molar-refractivity contribution in [3.8, 4) is 0 Å². The van der Waals surface area contributed by atoms with Crippen LogP contribution in [0.3, 0.4) is 0 Å². The third-order valence-corrected chi connectivity index (χ3v) is 4.77. The number of carbonyl (C=O) groups excluding carboxylic acids is 1. The average Bonchev–Trinajstić information content (AvgIpc) is 3.19. The van der Waals surface area contributed by atoms with Gasteiger partial charge in [-0.2, -0.15) is 0 Å². The molecule has 1 fully saturated rings. The highest BCUT2D eigenvalue weighted by Crippen LogP contribution is 2.33. The van der Waals surface area contributed by atoms with Gasteiger partial charge in [-0.15, -0.1) is 11.3 Å². The lowest BCUT2D eigenvalue weighted by molar-refractivity contribution is 0.0604. The first-order valence-electron chi connectivity index (χ1n) is 6.81. The summed E-state index contributed by atoms with van der Waals surface area (Å²) < 4.78 is 4.85. The van der Waals surface area contributed by atoms with Gasteiger partial charge in [-0.05, 0) is 48.5 Å². The van der Waals surface area contributed by atoms with Crippen LogP contribution in [-0.2, 0) is 11.3 Å². The molecular formula is C15H18N2O2S. The van der Waals surface area contributed by atoms with Crippen molar-refractivity contribution in [2.75, 3.05) is 13.7 Å². The van der Waals surface area contributed by atoms with Crippen molar-refractivity contribution in [1.82, 2.24) is 9.88 Å². The molecule has 2 aromatic rings. The van der Waals surface area contributed by atoms with Crippen molar-refractivity contribution in [3.05, 3.63) is 45.9 Å².